The minimum absolute atomic E-state index is 0.488. The monoisotopic (exact) mass is 206 g/mol. The zero-order valence-electron chi connectivity index (χ0n) is 9.86. The number of ether oxygens (including phenoxy) is 1. The van der Waals surface area contributed by atoms with Crippen molar-refractivity contribution in [1.82, 2.24) is 0 Å². The Hall–Kier alpha value is -0.300. The van der Waals surface area contributed by atoms with Crippen molar-refractivity contribution >= 4 is 0 Å². The summed E-state index contributed by atoms with van der Waals surface area (Å²) in [6.07, 6.45) is 11.3. The SMILES string of the molecule is CC1CC(C)OC(C2CC3C=CC2C3)C1. The summed E-state index contributed by atoms with van der Waals surface area (Å²) >= 11 is 0. The lowest BCUT2D eigenvalue weighted by Gasteiger charge is -2.37. The van der Waals surface area contributed by atoms with Crippen molar-refractivity contribution in [2.45, 2.75) is 51.7 Å². The minimum Gasteiger partial charge on any atom is -0.375 e. The lowest BCUT2D eigenvalue weighted by atomic mass is 9.81. The van der Waals surface area contributed by atoms with E-state index < -0.39 is 0 Å². The molecule has 2 bridgehead atoms. The van der Waals surface area contributed by atoms with Crippen molar-refractivity contribution in [2.24, 2.45) is 23.7 Å². The van der Waals surface area contributed by atoms with Crippen LogP contribution in [-0.4, -0.2) is 12.2 Å². The Bertz CT molecular complexity index is 261. The summed E-state index contributed by atoms with van der Waals surface area (Å²) in [5, 5.41) is 0. The molecule has 6 unspecified atom stereocenters. The summed E-state index contributed by atoms with van der Waals surface area (Å²) in [4.78, 5) is 0. The standard InChI is InChI=1S/C14H22O/c1-9-5-10(2)15-14(6-9)13-8-11-3-4-12(13)7-11/h3-4,9-14H,5-8H2,1-2H3. The van der Waals surface area contributed by atoms with Crippen LogP contribution in [0.5, 0.6) is 0 Å². The van der Waals surface area contributed by atoms with Crippen molar-refractivity contribution in [2.75, 3.05) is 0 Å². The molecule has 1 heteroatoms. The average Bonchev–Trinajstić information content (AvgIpc) is 2.76. The van der Waals surface area contributed by atoms with Crippen LogP contribution in [0.15, 0.2) is 12.2 Å². The van der Waals surface area contributed by atoms with Crippen LogP contribution in [0, 0.1) is 23.7 Å². The van der Waals surface area contributed by atoms with E-state index in [1.807, 2.05) is 0 Å². The van der Waals surface area contributed by atoms with Crippen molar-refractivity contribution in [1.29, 1.82) is 0 Å². The normalized spacial score (nSPS) is 53.7. The van der Waals surface area contributed by atoms with E-state index in [-0.39, 0.29) is 0 Å². The molecule has 2 fully saturated rings. The predicted octanol–water partition coefficient (Wildman–Crippen LogP) is 3.40. The smallest absolute Gasteiger partial charge is 0.0615 e. The first kappa shape index (κ1) is 9.89. The van der Waals surface area contributed by atoms with Gasteiger partial charge in [-0.1, -0.05) is 19.1 Å². The molecule has 1 heterocycles. The first-order valence-electron chi connectivity index (χ1n) is 6.56. The number of fused-ring (bicyclic) bond motifs is 2. The summed E-state index contributed by atoms with van der Waals surface area (Å²) in [5.74, 6) is 3.43. The number of hydrogen-bond donors (Lipinski definition) is 0. The van der Waals surface area contributed by atoms with Crippen LogP contribution in [0.3, 0.4) is 0 Å². The molecule has 0 aromatic rings. The summed E-state index contributed by atoms with van der Waals surface area (Å²) in [6, 6.07) is 0. The highest BCUT2D eigenvalue weighted by molar-refractivity contribution is 5.11. The predicted molar refractivity (Wildman–Crippen MR) is 61.6 cm³/mol. The lowest BCUT2D eigenvalue weighted by Crippen LogP contribution is -2.37. The third-order valence-corrected chi connectivity index (χ3v) is 4.58. The largest absolute Gasteiger partial charge is 0.375 e. The van der Waals surface area contributed by atoms with Crippen LogP contribution in [-0.2, 0) is 4.74 Å². The van der Waals surface area contributed by atoms with Crippen LogP contribution in [0.2, 0.25) is 0 Å². The quantitative estimate of drug-likeness (QED) is 0.597. The zero-order valence-corrected chi connectivity index (χ0v) is 9.86. The van der Waals surface area contributed by atoms with Gasteiger partial charge in [-0.3, -0.25) is 0 Å². The molecule has 1 aliphatic heterocycles. The Labute approximate surface area is 92.9 Å². The van der Waals surface area contributed by atoms with Gasteiger partial charge in [0.25, 0.3) is 0 Å². The maximum atomic E-state index is 6.16. The second-order valence-electron chi connectivity index (χ2n) is 6.01. The number of rotatable bonds is 1. The molecule has 0 aromatic heterocycles. The van der Waals surface area contributed by atoms with Crippen molar-refractivity contribution < 1.29 is 4.74 Å². The molecular weight excluding hydrogens is 184 g/mol. The van der Waals surface area contributed by atoms with E-state index in [9.17, 15) is 0 Å². The first-order valence-corrected chi connectivity index (χ1v) is 6.56. The molecule has 0 N–H and O–H groups in total. The third kappa shape index (κ3) is 1.75. The van der Waals surface area contributed by atoms with E-state index in [0.717, 1.165) is 23.7 Å². The molecular formula is C14H22O. The Morgan fingerprint density at radius 3 is 2.47 bits per heavy atom. The van der Waals surface area contributed by atoms with E-state index in [4.69, 9.17) is 4.74 Å². The van der Waals surface area contributed by atoms with Gasteiger partial charge in [-0.05, 0) is 56.3 Å². The number of hydrogen-bond acceptors (Lipinski definition) is 1. The molecule has 1 saturated carbocycles. The fourth-order valence-electron chi connectivity index (χ4n) is 4.00. The fourth-order valence-corrected chi connectivity index (χ4v) is 4.00. The molecule has 6 atom stereocenters. The minimum atomic E-state index is 0.488. The molecule has 3 aliphatic rings. The molecule has 2 aliphatic carbocycles. The summed E-state index contributed by atoms with van der Waals surface area (Å²) in [5.41, 5.74) is 0. The van der Waals surface area contributed by atoms with Crippen LogP contribution < -0.4 is 0 Å². The molecule has 0 radical (unpaired) electrons. The van der Waals surface area contributed by atoms with Gasteiger partial charge < -0.3 is 4.74 Å². The van der Waals surface area contributed by atoms with E-state index in [0.29, 0.717) is 12.2 Å². The Morgan fingerprint density at radius 1 is 1.00 bits per heavy atom. The maximum Gasteiger partial charge on any atom is 0.0615 e. The summed E-state index contributed by atoms with van der Waals surface area (Å²) in [6.45, 7) is 4.63. The molecule has 0 amide bonds. The molecule has 3 rings (SSSR count). The van der Waals surface area contributed by atoms with E-state index >= 15 is 0 Å². The van der Waals surface area contributed by atoms with Gasteiger partial charge in [-0.25, -0.2) is 0 Å². The topological polar surface area (TPSA) is 9.23 Å². The Morgan fingerprint density at radius 2 is 1.87 bits per heavy atom. The molecule has 15 heavy (non-hydrogen) atoms. The van der Waals surface area contributed by atoms with Gasteiger partial charge in [-0.2, -0.15) is 0 Å². The second kappa shape index (κ2) is 3.62. The lowest BCUT2D eigenvalue weighted by molar-refractivity contribution is -0.0902. The Balaban J connectivity index is 1.69. The first-order chi connectivity index (χ1) is 7.22. The van der Waals surface area contributed by atoms with E-state index in [1.165, 1.54) is 25.7 Å². The van der Waals surface area contributed by atoms with E-state index in [1.54, 1.807) is 0 Å². The van der Waals surface area contributed by atoms with Gasteiger partial charge in [0, 0.05) is 0 Å². The molecule has 0 spiro atoms. The molecule has 1 saturated heterocycles. The number of allylic oxidation sites excluding steroid dienone is 2. The van der Waals surface area contributed by atoms with Gasteiger partial charge >= 0.3 is 0 Å². The van der Waals surface area contributed by atoms with E-state index in [2.05, 4.69) is 26.0 Å². The van der Waals surface area contributed by atoms with Crippen LogP contribution >= 0.6 is 0 Å². The summed E-state index contributed by atoms with van der Waals surface area (Å²) in [7, 11) is 0. The van der Waals surface area contributed by atoms with Gasteiger partial charge in [-0.15, -0.1) is 0 Å². The molecule has 0 aromatic carbocycles. The maximum absolute atomic E-state index is 6.16. The van der Waals surface area contributed by atoms with Gasteiger partial charge in [0.05, 0.1) is 12.2 Å². The van der Waals surface area contributed by atoms with Crippen molar-refractivity contribution in [3.63, 3.8) is 0 Å². The van der Waals surface area contributed by atoms with Gasteiger partial charge in [0.2, 0.25) is 0 Å². The fraction of sp³-hybridized carbons (Fsp3) is 0.857. The highest BCUT2D eigenvalue weighted by atomic mass is 16.5. The second-order valence-corrected chi connectivity index (χ2v) is 6.01. The Kier molecular flexibility index (Phi) is 2.39. The molecule has 84 valence electrons. The average molecular weight is 206 g/mol. The van der Waals surface area contributed by atoms with Gasteiger partial charge in [0.1, 0.15) is 0 Å². The van der Waals surface area contributed by atoms with Crippen LogP contribution in [0.4, 0.5) is 0 Å². The van der Waals surface area contributed by atoms with Crippen molar-refractivity contribution in [3.05, 3.63) is 12.2 Å². The zero-order chi connectivity index (χ0) is 10.4. The highest BCUT2D eigenvalue weighted by Gasteiger charge is 2.42. The van der Waals surface area contributed by atoms with Crippen LogP contribution in [0.1, 0.15) is 39.5 Å². The third-order valence-electron chi connectivity index (χ3n) is 4.58. The molecule has 1 nitrogen and oxygen atoms in total. The van der Waals surface area contributed by atoms with Crippen LogP contribution in [0.25, 0.3) is 0 Å². The summed E-state index contributed by atoms with van der Waals surface area (Å²) < 4.78 is 6.16. The highest BCUT2D eigenvalue weighted by Crippen LogP contribution is 2.47. The van der Waals surface area contributed by atoms with Crippen molar-refractivity contribution in [3.8, 4) is 0 Å². The van der Waals surface area contributed by atoms with Gasteiger partial charge in [0.15, 0.2) is 0 Å².